The molecule has 0 fully saturated rings. The highest BCUT2D eigenvalue weighted by atomic mass is 19.4. The summed E-state index contributed by atoms with van der Waals surface area (Å²) in [5, 5.41) is 0. The first-order valence-corrected chi connectivity index (χ1v) is 6.62. The van der Waals surface area contributed by atoms with Crippen LogP contribution in [0.25, 0.3) is 11.1 Å². The van der Waals surface area contributed by atoms with Crippen LogP contribution in [0.1, 0.15) is 11.1 Å². The topological polar surface area (TPSA) is 48.4 Å². The summed E-state index contributed by atoms with van der Waals surface area (Å²) in [6.45, 7) is 0. The maximum Gasteiger partial charge on any atom is 0.421 e. The van der Waals surface area contributed by atoms with Crippen LogP contribution in [-0.4, -0.2) is 25.2 Å². The summed E-state index contributed by atoms with van der Waals surface area (Å²) in [5.41, 5.74) is 0.492. The second-order valence-electron chi connectivity index (χ2n) is 4.73. The van der Waals surface area contributed by atoms with Gasteiger partial charge in [0.2, 0.25) is 5.88 Å². The molecule has 0 atom stereocenters. The quantitative estimate of drug-likeness (QED) is 0.808. The van der Waals surface area contributed by atoms with Crippen molar-refractivity contribution in [3.8, 4) is 17.0 Å². The van der Waals surface area contributed by atoms with Crippen molar-refractivity contribution in [2.45, 2.75) is 12.6 Å². The van der Waals surface area contributed by atoms with Crippen molar-refractivity contribution in [1.29, 1.82) is 0 Å². The molecule has 2 rings (SSSR count). The maximum atomic E-state index is 13.0. The first kappa shape index (κ1) is 16.8. The fourth-order valence-electron chi connectivity index (χ4n) is 2.08. The highest BCUT2D eigenvalue weighted by Crippen LogP contribution is 2.37. The Labute approximate surface area is 130 Å². The van der Waals surface area contributed by atoms with E-state index in [1.807, 2.05) is 0 Å². The van der Waals surface area contributed by atoms with E-state index >= 15 is 0 Å². The summed E-state index contributed by atoms with van der Waals surface area (Å²) in [7, 11) is 2.41. The molecule has 0 saturated heterocycles. The van der Waals surface area contributed by atoms with Crippen LogP contribution >= 0.6 is 0 Å². The van der Waals surface area contributed by atoms with Gasteiger partial charge in [0.25, 0.3) is 0 Å². The standard InChI is InChI=1S/C16H14F3NO3/c1-22-14(21)7-10-4-3-5-11(6-10)12-8-13(16(17,18)19)15(23-2)20-9-12/h3-6,8-9H,7H2,1-2H3. The lowest BCUT2D eigenvalue weighted by atomic mass is 10.0. The fourth-order valence-corrected chi connectivity index (χ4v) is 2.08. The molecule has 0 amide bonds. The third-order valence-corrected chi connectivity index (χ3v) is 3.19. The Morgan fingerprint density at radius 3 is 2.52 bits per heavy atom. The molecule has 122 valence electrons. The molecule has 0 saturated carbocycles. The van der Waals surface area contributed by atoms with E-state index in [0.717, 1.165) is 13.2 Å². The summed E-state index contributed by atoms with van der Waals surface area (Å²) in [4.78, 5) is 15.0. The zero-order chi connectivity index (χ0) is 17.0. The molecule has 0 spiro atoms. The predicted octanol–water partition coefficient (Wildman–Crippen LogP) is 3.49. The number of methoxy groups -OCH3 is 2. The highest BCUT2D eigenvalue weighted by molar-refractivity contribution is 5.74. The Hall–Kier alpha value is -2.57. The van der Waals surface area contributed by atoms with Gasteiger partial charge >= 0.3 is 12.1 Å². The lowest BCUT2D eigenvalue weighted by Gasteiger charge is -2.13. The molecule has 0 N–H and O–H groups in total. The number of hydrogen-bond donors (Lipinski definition) is 0. The molecule has 1 aromatic carbocycles. The second-order valence-corrected chi connectivity index (χ2v) is 4.73. The summed E-state index contributed by atoms with van der Waals surface area (Å²) >= 11 is 0. The second kappa shape index (κ2) is 6.68. The van der Waals surface area contributed by atoms with Crippen molar-refractivity contribution >= 4 is 5.97 Å². The van der Waals surface area contributed by atoms with Crippen molar-refractivity contribution in [1.82, 2.24) is 4.98 Å². The minimum Gasteiger partial charge on any atom is -0.481 e. The smallest absolute Gasteiger partial charge is 0.421 e. The van der Waals surface area contributed by atoms with Crippen LogP contribution in [0, 0.1) is 0 Å². The number of halogens is 3. The molecular formula is C16H14F3NO3. The van der Waals surface area contributed by atoms with E-state index in [9.17, 15) is 18.0 Å². The zero-order valence-electron chi connectivity index (χ0n) is 12.5. The van der Waals surface area contributed by atoms with Crippen molar-refractivity contribution < 1.29 is 27.4 Å². The lowest BCUT2D eigenvalue weighted by Crippen LogP contribution is -2.09. The van der Waals surface area contributed by atoms with Gasteiger partial charge < -0.3 is 9.47 Å². The molecule has 0 unspecified atom stereocenters. The van der Waals surface area contributed by atoms with E-state index in [1.165, 1.54) is 13.3 Å². The summed E-state index contributed by atoms with van der Waals surface area (Å²) in [6.07, 6.45) is -3.23. The number of ether oxygens (including phenoxy) is 2. The molecule has 4 nitrogen and oxygen atoms in total. The van der Waals surface area contributed by atoms with Crippen LogP contribution in [0.3, 0.4) is 0 Å². The number of alkyl halides is 3. The molecule has 1 heterocycles. The number of rotatable bonds is 4. The zero-order valence-corrected chi connectivity index (χ0v) is 12.5. The van der Waals surface area contributed by atoms with Crippen molar-refractivity contribution in [3.05, 3.63) is 47.7 Å². The van der Waals surface area contributed by atoms with Crippen LogP contribution < -0.4 is 4.74 Å². The van der Waals surface area contributed by atoms with Crippen molar-refractivity contribution in [2.75, 3.05) is 14.2 Å². The van der Waals surface area contributed by atoms with Gasteiger partial charge in [-0.3, -0.25) is 4.79 Å². The molecule has 0 aliphatic rings. The molecule has 0 aliphatic carbocycles. The van der Waals surface area contributed by atoms with Crippen LogP contribution in [0.4, 0.5) is 13.2 Å². The molecule has 0 aliphatic heterocycles. The SMILES string of the molecule is COC(=O)Cc1cccc(-c2cnc(OC)c(C(F)(F)F)c2)c1. The molecular weight excluding hydrogens is 311 g/mol. The predicted molar refractivity (Wildman–Crippen MR) is 76.9 cm³/mol. The number of carbonyl (C=O) groups excluding carboxylic acids is 1. The summed E-state index contributed by atoms with van der Waals surface area (Å²) in [6, 6.07) is 7.60. The summed E-state index contributed by atoms with van der Waals surface area (Å²) in [5.74, 6) is -0.905. The van der Waals surface area contributed by atoms with Crippen LogP contribution in [0.5, 0.6) is 5.88 Å². The molecule has 1 aromatic heterocycles. The Morgan fingerprint density at radius 1 is 1.17 bits per heavy atom. The van der Waals surface area contributed by atoms with E-state index < -0.39 is 23.6 Å². The Kier molecular flexibility index (Phi) is 4.88. The van der Waals surface area contributed by atoms with Crippen LogP contribution in [0.15, 0.2) is 36.5 Å². The molecule has 7 heteroatoms. The largest absolute Gasteiger partial charge is 0.481 e. The van der Waals surface area contributed by atoms with E-state index in [0.29, 0.717) is 11.1 Å². The molecule has 0 bridgehead atoms. The van der Waals surface area contributed by atoms with Crippen molar-refractivity contribution in [2.24, 2.45) is 0 Å². The third kappa shape index (κ3) is 4.00. The minimum absolute atomic E-state index is 0.0417. The Bertz CT molecular complexity index is 714. The monoisotopic (exact) mass is 325 g/mol. The third-order valence-electron chi connectivity index (χ3n) is 3.19. The molecule has 0 radical (unpaired) electrons. The van der Waals surface area contributed by atoms with Gasteiger partial charge in [-0.2, -0.15) is 13.2 Å². The highest BCUT2D eigenvalue weighted by Gasteiger charge is 2.35. The van der Waals surface area contributed by atoms with Gasteiger partial charge in [0.15, 0.2) is 0 Å². The summed E-state index contributed by atoms with van der Waals surface area (Å²) < 4.78 is 48.4. The van der Waals surface area contributed by atoms with E-state index in [4.69, 9.17) is 0 Å². The lowest BCUT2D eigenvalue weighted by molar-refractivity contribution is -0.140. The van der Waals surface area contributed by atoms with Gasteiger partial charge in [-0.05, 0) is 17.2 Å². The first-order chi connectivity index (χ1) is 10.8. The fraction of sp³-hybridized carbons (Fsp3) is 0.250. The van der Waals surface area contributed by atoms with E-state index in [2.05, 4.69) is 14.5 Å². The van der Waals surface area contributed by atoms with E-state index in [-0.39, 0.29) is 12.0 Å². The number of hydrogen-bond acceptors (Lipinski definition) is 4. The minimum atomic E-state index is -4.57. The van der Waals surface area contributed by atoms with Gasteiger partial charge in [0.05, 0.1) is 20.6 Å². The maximum absolute atomic E-state index is 13.0. The number of esters is 1. The van der Waals surface area contributed by atoms with E-state index in [1.54, 1.807) is 24.3 Å². The van der Waals surface area contributed by atoms with Crippen LogP contribution in [0.2, 0.25) is 0 Å². The normalized spacial score (nSPS) is 11.2. The average molecular weight is 325 g/mol. The first-order valence-electron chi connectivity index (χ1n) is 6.62. The number of aromatic nitrogens is 1. The number of benzene rings is 1. The molecule has 2 aromatic rings. The Balaban J connectivity index is 2.42. The molecule has 23 heavy (non-hydrogen) atoms. The number of nitrogens with zero attached hydrogens (tertiary/aromatic N) is 1. The number of carbonyl (C=O) groups is 1. The van der Waals surface area contributed by atoms with Crippen molar-refractivity contribution in [3.63, 3.8) is 0 Å². The Morgan fingerprint density at radius 2 is 1.91 bits per heavy atom. The van der Waals surface area contributed by atoms with Gasteiger partial charge in [-0.25, -0.2) is 4.98 Å². The van der Waals surface area contributed by atoms with Crippen LogP contribution in [-0.2, 0) is 22.1 Å². The van der Waals surface area contributed by atoms with Gasteiger partial charge in [0, 0.05) is 11.8 Å². The average Bonchev–Trinajstić information content (AvgIpc) is 2.53. The van der Waals surface area contributed by atoms with Gasteiger partial charge in [-0.1, -0.05) is 24.3 Å². The number of pyridine rings is 1. The van der Waals surface area contributed by atoms with Gasteiger partial charge in [-0.15, -0.1) is 0 Å². The van der Waals surface area contributed by atoms with Gasteiger partial charge in [0.1, 0.15) is 5.56 Å².